The monoisotopic (exact) mass is 544 g/mol. The van der Waals surface area contributed by atoms with Crippen LogP contribution in [0.3, 0.4) is 0 Å². The van der Waals surface area contributed by atoms with Gasteiger partial charge in [-0.3, -0.25) is 9.59 Å². The van der Waals surface area contributed by atoms with Crippen LogP contribution in [0.15, 0.2) is 36.4 Å². The molecule has 38 heavy (non-hydrogen) atoms. The van der Waals surface area contributed by atoms with Gasteiger partial charge in [-0.15, -0.1) is 0 Å². The lowest BCUT2D eigenvalue weighted by atomic mass is 9.98. The molecule has 200 valence electrons. The molecule has 8 nitrogen and oxygen atoms in total. The first kappa shape index (κ1) is 26.1. The van der Waals surface area contributed by atoms with E-state index >= 15 is 0 Å². The van der Waals surface area contributed by atoms with Gasteiger partial charge in [0.15, 0.2) is 10.9 Å². The Labute approximate surface area is 221 Å². The van der Waals surface area contributed by atoms with E-state index in [1.807, 2.05) is 11.9 Å². The molecule has 1 fully saturated rings. The van der Waals surface area contributed by atoms with Crippen LogP contribution in [-0.4, -0.2) is 69.3 Å². The van der Waals surface area contributed by atoms with E-state index in [0.717, 1.165) is 42.1 Å². The quantitative estimate of drug-likeness (QED) is 0.347. The van der Waals surface area contributed by atoms with E-state index < -0.39 is 17.7 Å². The van der Waals surface area contributed by atoms with Crippen LogP contribution in [0.5, 0.6) is 0 Å². The number of ketones is 1. The van der Waals surface area contributed by atoms with Crippen molar-refractivity contribution in [2.24, 2.45) is 13.0 Å². The fourth-order valence-electron chi connectivity index (χ4n) is 4.56. The Morgan fingerprint density at radius 1 is 1.03 bits per heavy atom. The van der Waals surface area contributed by atoms with Crippen LogP contribution in [0, 0.1) is 5.92 Å². The van der Waals surface area contributed by atoms with Crippen molar-refractivity contribution in [3.8, 4) is 0 Å². The lowest BCUT2D eigenvalue weighted by Crippen LogP contribution is -2.48. The molecule has 1 aliphatic rings. The van der Waals surface area contributed by atoms with Gasteiger partial charge < -0.3 is 19.7 Å². The number of hydrogen-bond acceptors (Lipinski definition) is 7. The molecule has 2 aromatic heterocycles. The molecule has 0 unspecified atom stereocenters. The number of hydrogen-bond donors (Lipinski definition) is 1. The maximum absolute atomic E-state index is 13.0. The van der Waals surface area contributed by atoms with Gasteiger partial charge in [-0.25, -0.2) is 9.97 Å². The van der Waals surface area contributed by atoms with E-state index in [4.69, 9.17) is 0 Å². The SMILES string of the molecule is C[C@@H](CC(=O)c1ccc2c(c1)nc(Nc1nc3ccc(C(F)(F)F)cc3s1)n2C)C(=O)N1CCN(C)CC1. The van der Waals surface area contributed by atoms with Crippen molar-refractivity contribution in [1.82, 2.24) is 24.3 Å². The number of imidazole rings is 1. The summed E-state index contributed by atoms with van der Waals surface area (Å²) < 4.78 is 41.3. The predicted molar refractivity (Wildman–Crippen MR) is 141 cm³/mol. The van der Waals surface area contributed by atoms with Gasteiger partial charge in [0.05, 0.1) is 26.8 Å². The Morgan fingerprint density at radius 2 is 1.76 bits per heavy atom. The summed E-state index contributed by atoms with van der Waals surface area (Å²) in [7, 11) is 3.82. The summed E-state index contributed by atoms with van der Waals surface area (Å²) in [5.74, 6) is -0.110. The van der Waals surface area contributed by atoms with E-state index in [1.54, 1.807) is 36.7 Å². The minimum absolute atomic E-state index is 0.00459. The second-order valence-corrected chi connectivity index (χ2v) is 10.7. The summed E-state index contributed by atoms with van der Waals surface area (Å²) in [6.45, 7) is 4.77. The molecular formula is C26H27F3N6O2S. The normalized spacial score (nSPS) is 15.8. The minimum atomic E-state index is -4.42. The molecule has 5 rings (SSSR count). The van der Waals surface area contributed by atoms with E-state index in [9.17, 15) is 22.8 Å². The second kappa shape index (κ2) is 9.99. The third-order valence-electron chi connectivity index (χ3n) is 6.87. The average Bonchev–Trinajstić information content (AvgIpc) is 3.42. The van der Waals surface area contributed by atoms with Gasteiger partial charge in [0.2, 0.25) is 11.9 Å². The first-order chi connectivity index (χ1) is 18.0. The topological polar surface area (TPSA) is 83.4 Å². The molecule has 1 N–H and O–H groups in total. The molecule has 2 aromatic carbocycles. The Morgan fingerprint density at radius 3 is 2.47 bits per heavy atom. The summed E-state index contributed by atoms with van der Waals surface area (Å²) in [6.07, 6.45) is -4.31. The smallest absolute Gasteiger partial charge is 0.340 e. The van der Waals surface area contributed by atoms with Gasteiger partial charge in [0.25, 0.3) is 0 Å². The van der Waals surface area contributed by atoms with Gasteiger partial charge in [-0.1, -0.05) is 18.3 Å². The minimum Gasteiger partial charge on any atom is -0.340 e. The number of aryl methyl sites for hydroxylation is 1. The van der Waals surface area contributed by atoms with Gasteiger partial charge in [-0.2, -0.15) is 13.2 Å². The molecule has 1 saturated heterocycles. The highest BCUT2D eigenvalue weighted by molar-refractivity contribution is 7.22. The summed E-state index contributed by atoms with van der Waals surface area (Å²) in [5.41, 5.74) is 1.56. The van der Waals surface area contributed by atoms with Crippen LogP contribution in [0.4, 0.5) is 24.3 Å². The number of carbonyl (C=O) groups is 2. The Kier molecular flexibility index (Phi) is 6.86. The number of halogens is 3. The zero-order valence-corrected chi connectivity index (χ0v) is 22.0. The molecule has 0 bridgehead atoms. The molecule has 1 aliphatic heterocycles. The molecule has 1 atom stereocenters. The van der Waals surface area contributed by atoms with Crippen LogP contribution >= 0.6 is 11.3 Å². The summed E-state index contributed by atoms with van der Waals surface area (Å²) >= 11 is 1.10. The number of nitrogens with one attached hydrogen (secondary N) is 1. The van der Waals surface area contributed by atoms with E-state index in [2.05, 4.69) is 20.2 Å². The van der Waals surface area contributed by atoms with Crippen molar-refractivity contribution in [2.45, 2.75) is 19.5 Å². The van der Waals surface area contributed by atoms with Crippen molar-refractivity contribution in [3.05, 3.63) is 47.5 Å². The number of Topliss-reactive ketones (excluding diaryl/α,β-unsaturated/α-hetero) is 1. The Bertz CT molecular complexity index is 1520. The van der Waals surface area contributed by atoms with E-state index in [-0.39, 0.29) is 18.1 Å². The number of rotatable bonds is 6. The van der Waals surface area contributed by atoms with Crippen LogP contribution in [0.25, 0.3) is 21.3 Å². The number of thiazole rings is 1. The van der Waals surface area contributed by atoms with Crippen LogP contribution < -0.4 is 5.32 Å². The second-order valence-electron chi connectivity index (χ2n) is 9.68. The first-order valence-electron chi connectivity index (χ1n) is 12.2. The number of carbonyl (C=O) groups excluding carboxylic acids is 2. The first-order valence-corrected chi connectivity index (χ1v) is 13.0. The Balaban J connectivity index is 1.31. The Hall–Kier alpha value is -3.51. The third-order valence-corrected chi connectivity index (χ3v) is 7.80. The zero-order valence-electron chi connectivity index (χ0n) is 21.2. The highest BCUT2D eigenvalue weighted by Gasteiger charge is 2.31. The highest BCUT2D eigenvalue weighted by atomic mass is 32.1. The molecule has 3 heterocycles. The molecule has 0 radical (unpaired) electrons. The standard InChI is InChI=1S/C26H27F3N6O2S/c1-15(23(37)35-10-8-33(2)9-11-35)12-21(36)16-4-7-20-19(13-16)30-24(34(20)3)32-25-31-18-6-5-17(26(27,28)29)14-22(18)38-25/h4-7,13-15H,8-12H2,1-3H3,(H,30,31,32)/t15-/m0/s1. The van der Waals surface area contributed by atoms with Gasteiger partial charge >= 0.3 is 6.18 Å². The van der Waals surface area contributed by atoms with Gasteiger partial charge in [-0.05, 0) is 43.4 Å². The van der Waals surface area contributed by atoms with E-state index in [1.165, 1.54) is 6.07 Å². The van der Waals surface area contributed by atoms with Crippen LogP contribution in [0.1, 0.15) is 29.3 Å². The molecular weight excluding hydrogens is 517 g/mol. The number of fused-ring (bicyclic) bond motifs is 2. The number of aromatic nitrogens is 3. The molecule has 1 amide bonds. The lowest BCUT2D eigenvalue weighted by Gasteiger charge is -2.33. The third kappa shape index (κ3) is 5.23. The van der Waals surface area contributed by atoms with Crippen molar-refractivity contribution in [3.63, 3.8) is 0 Å². The summed E-state index contributed by atoms with van der Waals surface area (Å²) in [5, 5.41) is 3.49. The predicted octanol–water partition coefficient (Wildman–Crippen LogP) is 4.93. The largest absolute Gasteiger partial charge is 0.416 e. The van der Waals surface area contributed by atoms with Crippen LogP contribution in [0.2, 0.25) is 0 Å². The number of alkyl halides is 3. The number of nitrogens with zero attached hydrogens (tertiary/aromatic N) is 5. The van der Waals surface area contributed by atoms with Crippen molar-refractivity contribution >= 4 is 55.4 Å². The molecule has 12 heteroatoms. The lowest BCUT2D eigenvalue weighted by molar-refractivity contribution is -0.137. The zero-order chi connectivity index (χ0) is 27.2. The molecule has 4 aromatic rings. The molecule has 0 aliphatic carbocycles. The highest BCUT2D eigenvalue weighted by Crippen LogP contribution is 2.35. The number of benzene rings is 2. The maximum atomic E-state index is 13.0. The van der Waals surface area contributed by atoms with E-state index in [0.29, 0.717) is 45.5 Å². The van der Waals surface area contributed by atoms with Crippen molar-refractivity contribution < 1.29 is 22.8 Å². The fourth-order valence-corrected chi connectivity index (χ4v) is 5.46. The maximum Gasteiger partial charge on any atom is 0.416 e. The number of piperazine rings is 1. The van der Waals surface area contributed by atoms with Gasteiger partial charge in [0.1, 0.15) is 0 Å². The number of amides is 1. The molecule has 0 spiro atoms. The van der Waals surface area contributed by atoms with Crippen LogP contribution in [-0.2, 0) is 18.0 Å². The van der Waals surface area contributed by atoms with Crippen molar-refractivity contribution in [1.29, 1.82) is 0 Å². The number of likely N-dealkylation sites (N-methyl/N-ethyl adjacent to an activating group) is 1. The molecule has 0 saturated carbocycles. The van der Waals surface area contributed by atoms with Crippen molar-refractivity contribution in [2.75, 3.05) is 38.5 Å². The number of anilines is 2. The summed E-state index contributed by atoms with van der Waals surface area (Å²) in [4.78, 5) is 38.8. The summed E-state index contributed by atoms with van der Waals surface area (Å²) in [6, 6.07) is 8.66. The average molecular weight is 545 g/mol. The van der Waals surface area contributed by atoms with Gasteiger partial charge in [0, 0.05) is 51.1 Å². The fraction of sp³-hybridized carbons (Fsp3) is 0.385.